The van der Waals surface area contributed by atoms with Crippen LogP contribution >= 0.6 is 11.3 Å². The van der Waals surface area contributed by atoms with Crippen molar-refractivity contribution in [2.75, 3.05) is 26.7 Å². The first-order valence-electron chi connectivity index (χ1n) is 16.9. The largest absolute Gasteiger partial charge is 0.493 e. The van der Waals surface area contributed by atoms with E-state index in [-0.39, 0.29) is 24.3 Å². The molecule has 3 fully saturated rings. The maximum absolute atomic E-state index is 14.5. The van der Waals surface area contributed by atoms with E-state index in [0.29, 0.717) is 55.9 Å². The van der Waals surface area contributed by atoms with Gasteiger partial charge in [-0.05, 0) is 60.7 Å². The molecule has 5 rings (SSSR count). The third-order valence-corrected chi connectivity index (χ3v) is 10.7. The number of hydrogen-bond donors (Lipinski definition) is 2. The molecule has 0 radical (unpaired) electrons. The molecule has 2 saturated carbocycles. The first-order valence-corrected chi connectivity index (χ1v) is 17.8. The third-order valence-electron chi connectivity index (χ3n) is 9.79. The van der Waals surface area contributed by atoms with Crippen LogP contribution < -0.4 is 20.5 Å². The van der Waals surface area contributed by atoms with Crippen molar-refractivity contribution in [3.63, 3.8) is 0 Å². The van der Waals surface area contributed by atoms with Crippen molar-refractivity contribution in [1.29, 1.82) is 0 Å². The molecule has 45 heavy (non-hydrogen) atoms. The number of methoxy groups -OCH3 is 1. The zero-order chi connectivity index (χ0) is 31.6. The van der Waals surface area contributed by atoms with Gasteiger partial charge in [-0.3, -0.25) is 9.59 Å². The van der Waals surface area contributed by atoms with Gasteiger partial charge in [0.15, 0.2) is 17.3 Å². The van der Waals surface area contributed by atoms with Crippen molar-refractivity contribution in [2.45, 2.75) is 108 Å². The highest BCUT2D eigenvalue weighted by molar-refractivity contribution is 7.09. The number of ketones is 1. The molecule has 2 heterocycles. The monoisotopic (exact) mass is 638 g/mol. The topological polar surface area (TPSA) is 114 Å². The smallest absolute Gasteiger partial charge is 0.415 e. The molecule has 2 atom stereocenters. The summed E-state index contributed by atoms with van der Waals surface area (Å²) in [4.78, 5) is 46.2. The van der Waals surface area contributed by atoms with Crippen LogP contribution in [0.4, 0.5) is 4.79 Å². The van der Waals surface area contributed by atoms with E-state index in [9.17, 15) is 14.4 Å². The Morgan fingerprint density at radius 1 is 1.00 bits per heavy atom. The fourth-order valence-electron chi connectivity index (χ4n) is 7.19. The normalized spacial score (nSPS) is 20.5. The Bertz CT molecular complexity index is 1240. The Balaban J connectivity index is 1.33. The Morgan fingerprint density at radius 3 is 2.44 bits per heavy atom. The van der Waals surface area contributed by atoms with Gasteiger partial charge in [0.25, 0.3) is 0 Å². The van der Waals surface area contributed by atoms with E-state index >= 15 is 0 Å². The van der Waals surface area contributed by atoms with E-state index < -0.39 is 12.1 Å². The van der Waals surface area contributed by atoms with Crippen LogP contribution in [-0.2, 0) is 22.6 Å². The third kappa shape index (κ3) is 9.08. The lowest BCUT2D eigenvalue weighted by molar-refractivity contribution is -0.145. The zero-order valence-corrected chi connectivity index (χ0v) is 27.5. The summed E-state index contributed by atoms with van der Waals surface area (Å²) in [6, 6.07) is 8.54. The van der Waals surface area contributed by atoms with Gasteiger partial charge in [0.1, 0.15) is 6.04 Å². The maximum atomic E-state index is 14.5. The molecule has 3 aliphatic rings. The Hall–Kier alpha value is -2.95. The number of carbonyl (C=O) groups excluding carboxylic acids is 3. The van der Waals surface area contributed by atoms with E-state index in [1.165, 1.54) is 45.6 Å². The molecular weight excluding hydrogens is 588 g/mol. The van der Waals surface area contributed by atoms with Gasteiger partial charge < -0.3 is 30.3 Å². The predicted molar refractivity (Wildman–Crippen MR) is 177 cm³/mol. The number of aryl methyl sites for hydroxylation is 1. The lowest BCUT2D eigenvalue weighted by Gasteiger charge is -2.42. The second-order valence-electron chi connectivity index (χ2n) is 12.9. The van der Waals surface area contributed by atoms with E-state index in [2.05, 4.69) is 5.32 Å². The van der Waals surface area contributed by atoms with Gasteiger partial charge in [0, 0.05) is 37.0 Å². The summed E-state index contributed by atoms with van der Waals surface area (Å²) < 4.78 is 11.2. The molecule has 1 aromatic heterocycles. The summed E-state index contributed by atoms with van der Waals surface area (Å²) in [5.74, 6) is 1.22. The van der Waals surface area contributed by atoms with Crippen molar-refractivity contribution in [3.05, 3.63) is 46.2 Å². The molecule has 9 nitrogen and oxygen atoms in total. The van der Waals surface area contributed by atoms with Crippen LogP contribution in [0.5, 0.6) is 11.5 Å². The molecule has 0 unspecified atom stereocenters. The van der Waals surface area contributed by atoms with Gasteiger partial charge in [0.2, 0.25) is 5.91 Å². The van der Waals surface area contributed by atoms with Gasteiger partial charge in [-0.2, -0.15) is 0 Å². The second-order valence-corrected chi connectivity index (χ2v) is 13.9. The first kappa shape index (κ1) is 33.4. The number of ether oxygens (including phenoxy) is 2. The van der Waals surface area contributed by atoms with E-state index in [0.717, 1.165) is 42.5 Å². The molecule has 2 amide bonds. The maximum Gasteiger partial charge on any atom is 0.415 e. The number of nitrogens with one attached hydrogen (secondary N) is 1. The summed E-state index contributed by atoms with van der Waals surface area (Å²) >= 11 is 1.63. The summed E-state index contributed by atoms with van der Waals surface area (Å²) in [6.07, 6.45) is 13.0. The number of thiophene rings is 1. The number of nitrogens with two attached hydrogens (primary N) is 1. The van der Waals surface area contributed by atoms with E-state index in [1.807, 2.05) is 17.5 Å². The van der Waals surface area contributed by atoms with Crippen molar-refractivity contribution in [2.24, 2.45) is 11.7 Å². The number of Topliss-reactive ketones (excluding diaryl/α,β-unsaturated/α-hetero) is 1. The molecular formula is C35H50N4O5S. The minimum absolute atomic E-state index is 0.00711. The lowest BCUT2D eigenvalue weighted by Crippen LogP contribution is -2.63. The highest BCUT2D eigenvalue weighted by atomic mass is 32.1. The van der Waals surface area contributed by atoms with Crippen LogP contribution in [0.1, 0.15) is 87.5 Å². The predicted octanol–water partition coefficient (Wildman–Crippen LogP) is 5.69. The molecule has 0 spiro atoms. The average molecular weight is 639 g/mol. The summed E-state index contributed by atoms with van der Waals surface area (Å²) in [5.41, 5.74) is 6.63. The van der Waals surface area contributed by atoms with Crippen LogP contribution in [0.25, 0.3) is 0 Å². The summed E-state index contributed by atoms with van der Waals surface area (Å²) in [7, 11) is 1.52. The average Bonchev–Trinajstić information content (AvgIpc) is 3.61. The van der Waals surface area contributed by atoms with Crippen molar-refractivity contribution >= 4 is 29.1 Å². The SMILES string of the molecule is COc1cc(CN)ccc1OC(=O)N1CCN(C(=O)[C@@H](CC2CCCCC2)NC2CCCCC2)[C@H](C(=O)CCc2cccs2)C1. The zero-order valence-electron chi connectivity index (χ0n) is 26.7. The number of carbonyl (C=O) groups is 3. The summed E-state index contributed by atoms with van der Waals surface area (Å²) in [5, 5.41) is 5.78. The quantitative estimate of drug-likeness (QED) is 0.307. The molecule has 0 bridgehead atoms. The van der Waals surface area contributed by atoms with Gasteiger partial charge in [-0.25, -0.2) is 4.79 Å². The molecule has 10 heteroatoms. The number of benzene rings is 1. The van der Waals surface area contributed by atoms with Crippen LogP contribution in [-0.4, -0.2) is 72.5 Å². The number of hydrogen-bond acceptors (Lipinski definition) is 8. The molecule has 1 aromatic carbocycles. The van der Waals surface area contributed by atoms with E-state index in [1.54, 1.807) is 39.3 Å². The molecule has 2 aliphatic carbocycles. The van der Waals surface area contributed by atoms with Gasteiger partial charge >= 0.3 is 6.09 Å². The first-order chi connectivity index (χ1) is 21.9. The number of amides is 2. The van der Waals surface area contributed by atoms with Crippen LogP contribution in [0.15, 0.2) is 35.7 Å². The standard InChI is InChI=1S/C35H50N4O5S/c1-43-33-22-26(23-36)14-17-32(33)44-35(42)38-18-19-39(30(24-38)31(40)16-15-28-13-8-20-45-28)34(41)29(21-25-9-4-2-5-10-25)37-27-11-6-3-7-12-27/h8,13-14,17,20,22,25,27,29-30,37H,2-7,9-12,15-16,18-19,21,23-24,36H2,1H3/t29-,30+/m1/s1. The van der Waals surface area contributed by atoms with Gasteiger partial charge in [-0.1, -0.05) is 63.5 Å². The highest BCUT2D eigenvalue weighted by Crippen LogP contribution is 2.31. The lowest BCUT2D eigenvalue weighted by atomic mass is 9.83. The van der Waals surface area contributed by atoms with Crippen molar-refractivity contribution < 1.29 is 23.9 Å². The van der Waals surface area contributed by atoms with Crippen LogP contribution in [0.2, 0.25) is 0 Å². The Labute approximate surface area is 271 Å². The van der Waals surface area contributed by atoms with Crippen molar-refractivity contribution in [3.8, 4) is 11.5 Å². The van der Waals surface area contributed by atoms with Crippen LogP contribution in [0.3, 0.4) is 0 Å². The minimum atomic E-state index is -0.720. The molecule has 246 valence electrons. The van der Waals surface area contributed by atoms with Crippen LogP contribution in [0, 0.1) is 5.92 Å². The Morgan fingerprint density at radius 2 is 1.76 bits per heavy atom. The fourth-order valence-corrected chi connectivity index (χ4v) is 7.90. The molecule has 1 aliphatic heterocycles. The molecule has 1 saturated heterocycles. The fraction of sp³-hybridized carbons (Fsp3) is 0.629. The Kier molecular flexibility index (Phi) is 12.3. The highest BCUT2D eigenvalue weighted by Gasteiger charge is 2.40. The molecule has 3 N–H and O–H groups in total. The minimum Gasteiger partial charge on any atom is -0.493 e. The van der Waals surface area contributed by atoms with Gasteiger partial charge in [0.05, 0.1) is 19.7 Å². The summed E-state index contributed by atoms with van der Waals surface area (Å²) in [6.45, 7) is 1.03. The number of rotatable bonds is 12. The van der Waals surface area contributed by atoms with E-state index in [4.69, 9.17) is 15.2 Å². The number of nitrogens with zero attached hydrogens (tertiary/aromatic N) is 2. The van der Waals surface area contributed by atoms with Gasteiger partial charge in [-0.15, -0.1) is 11.3 Å². The molecule has 2 aromatic rings. The second kappa shape index (κ2) is 16.6. The number of piperazine rings is 1. The van der Waals surface area contributed by atoms with Crippen molar-refractivity contribution in [1.82, 2.24) is 15.1 Å².